The van der Waals surface area contributed by atoms with Gasteiger partial charge in [0.25, 0.3) is 0 Å². The van der Waals surface area contributed by atoms with Crippen LogP contribution in [-0.4, -0.2) is 3.79 Å². The molecule has 12 heavy (non-hydrogen) atoms. The number of rotatable bonds is 7. The number of hydrogen-bond donors (Lipinski definition) is 0. The van der Waals surface area contributed by atoms with Crippen molar-refractivity contribution in [3.05, 3.63) is 12.2 Å². The summed E-state index contributed by atoms with van der Waals surface area (Å²) in [5, 5.41) is 0. The minimum atomic E-state index is 0.255. The molecule has 0 aromatic rings. The van der Waals surface area contributed by atoms with E-state index in [1.165, 1.54) is 25.7 Å². The quantitative estimate of drug-likeness (QED) is 0.299. The van der Waals surface area contributed by atoms with Crippen LogP contribution in [0.2, 0.25) is 0 Å². The normalized spacial score (nSPS) is 10.8. The van der Waals surface area contributed by atoms with Gasteiger partial charge in [0.05, 0.1) is 0 Å². The van der Waals surface area contributed by atoms with E-state index >= 15 is 0 Å². The van der Waals surface area contributed by atoms with E-state index in [2.05, 4.69) is 19.1 Å². The van der Waals surface area contributed by atoms with Crippen molar-refractivity contribution in [2.75, 3.05) is 0 Å². The van der Waals surface area contributed by atoms with Crippen LogP contribution in [0.3, 0.4) is 0 Å². The van der Waals surface area contributed by atoms with E-state index in [1.807, 2.05) is 22.6 Å². The molecule has 0 fully saturated rings. The predicted octanol–water partition coefficient (Wildman–Crippen LogP) is 3.86. The van der Waals surface area contributed by atoms with Crippen LogP contribution in [0.4, 0.5) is 0 Å². The van der Waals surface area contributed by atoms with Gasteiger partial charge in [-0.25, -0.2) is 0 Å². The van der Waals surface area contributed by atoms with Crippen LogP contribution in [0.25, 0.3) is 0 Å². The maximum atomic E-state index is 10.5. The van der Waals surface area contributed by atoms with Gasteiger partial charge in [-0.3, -0.25) is 4.79 Å². The highest BCUT2D eigenvalue weighted by Crippen LogP contribution is 2.02. The summed E-state index contributed by atoms with van der Waals surface area (Å²) in [5.74, 6) is 0. The van der Waals surface area contributed by atoms with Crippen molar-refractivity contribution in [3.8, 4) is 0 Å². The van der Waals surface area contributed by atoms with Gasteiger partial charge in [0.15, 0.2) is 3.79 Å². The van der Waals surface area contributed by atoms with Gasteiger partial charge in [-0.2, -0.15) is 0 Å². The molecule has 0 heterocycles. The summed E-state index contributed by atoms with van der Waals surface area (Å²) < 4.78 is 0.255. The van der Waals surface area contributed by atoms with Gasteiger partial charge >= 0.3 is 0 Å². The van der Waals surface area contributed by atoms with E-state index < -0.39 is 0 Å². The summed E-state index contributed by atoms with van der Waals surface area (Å²) in [7, 11) is 0. The Morgan fingerprint density at radius 1 is 1.25 bits per heavy atom. The molecule has 0 saturated carbocycles. The van der Waals surface area contributed by atoms with Crippen LogP contribution < -0.4 is 0 Å². The van der Waals surface area contributed by atoms with Crippen LogP contribution in [0.15, 0.2) is 12.2 Å². The van der Waals surface area contributed by atoms with E-state index in [1.54, 1.807) is 0 Å². The van der Waals surface area contributed by atoms with Crippen LogP contribution in [-0.2, 0) is 4.79 Å². The molecule has 1 nitrogen and oxygen atoms in total. The van der Waals surface area contributed by atoms with Crippen molar-refractivity contribution in [1.82, 2.24) is 0 Å². The zero-order valence-electron chi connectivity index (χ0n) is 7.68. The Morgan fingerprint density at radius 3 is 2.50 bits per heavy atom. The molecule has 2 heteroatoms. The zero-order chi connectivity index (χ0) is 9.23. The van der Waals surface area contributed by atoms with Crippen molar-refractivity contribution in [1.29, 1.82) is 0 Å². The lowest BCUT2D eigenvalue weighted by Gasteiger charge is -1.91. The molecule has 0 aromatic carbocycles. The molecule has 70 valence electrons. The number of allylic oxidation sites excluding steroid dienone is 2. The van der Waals surface area contributed by atoms with E-state index in [9.17, 15) is 4.79 Å². The second-order valence-corrected chi connectivity index (χ2v) is 4.06. The molecule has 0 unspecified atom stereocenters. The molecule has 0 aliphatic heterocycles. The van der Waals surface area contributed by atoms with Crippen molar-refractivity contribution >= 4 is 26.4 Å². The Kier molecular flexibility index (Phi) is 9.34. The summed E-state index contributed by atoms with van der Waals surface area (Å²) in [6.07, 6.45) is 10.9. The first-order chi connectivity index (χ1) is 5.77. The molecule has 0 aromatic heterocycles. The topological polar surface area (TPSA) is 17.1 Å². The van der Waals surface area contributed by atoms with Crippen LogP contribution >= 0.6 is 22.6 Å². The molecular weight excluding hydrogens is 263 g/mol. The van der Waals surface area contributed by atoms with Crippen molar-refractivity contribution in [2.24, 2.45) is 0 Å². The van der Waals surface area contributed by atoms with Gasteiger partial charge in [-0.15, -0.1) is 0 Å². The van der Waals surface area contributed by atoms with Crippen molar-refractivity contribution in [3.63, 3.8) is 0 Å². The maximum absolute atomic E-state index is 10.5. The van der Waals surface area contributed by atoms with Gasteiger partial charge < -0.3 is 0 Å². The summed E-state index contributed by atoms with van der Waals surface area (Å²) in [5.41, 5.74) is 0. The molecule has 0 atom stereocenters. The Hall–Kier alpha value is 0.140. The average Bonchev–Trinajstić information content (AvgIpc) is 2.02. The fourth-order valence-corrected chi connectivity index (χ4v) is 1.26. The fraction of sp³-hybridized carbons (Fsp3) is 0.700. The number of unbranched alkanes of at least 4 members (excludes halogenated alkanes) is 3. The summed E-state index contributed by atoms with van der Waals surface area (Å²) in [4.78, 5) is 10.5. The van der Waals surface area contributed by atoms with E-state index in [0.29, 0.717) is 6.42 Å². The smallest absolute Gasteiger partial charge is 0.192 e. The number of carbonyl (C=O) groups excluding carboxylic acids is 1. The van der Waals surface area contributed by atoms with E-state index in [4.69, 9.17) is 0 Å². The Morgan fingerprint density at radius 2 is 1.92 bits per heavy atom. The molecule has 0 radical (unpaired) electrons. The van der Waals surface area contributed by atoms with Crippen LogP contribution in [0.5, 0.6) is 0 Å². The third kappa shape index (κ3) is 10.1. The maximum Gasteiger partial charge on any atom is 0.192 e. The first kappa shape index (κ1) is 12.1. The van der Waals surface area contributed by atoms with Gasteiger partial charge in [0, 0.05) is 6.42 Å². The number of carbonyl (C=O) groups is 1. The third-order valence-electron chi connectivity index (χ3n) is 1.65. The molecular formula is C10H17IO. The second-order valence-electron chi connectivity index (χ2n) is 2.86. The summed E-state index contributed by atoms with van der Waals surface area (Å²) in [6.45, 7) is 2.21. The summed E-state index contributed by atoms with van der Waals surface area (Å²) >= 11 is 1.84. The molecule has 0 rings (SSSR count). The molecule has 0 aliphatic carbocycles. The molecule has 0 saturated heterocycles. The van der Waals surface area contributed by atoms with E-state index in [0.717, 1.165) is 6.42 Å². The lowest BCUT2D eigenvalue weighted by atomic mass is 10.2. The highest BCUT2D eigenvalue weighted by molar-refractivity contribution is 14.1. The first-order valence-electron chi connectivity index (χ1n) is 4.60. The van der Waals surface area contributed by atoms with Crippen molar-refractivity contribution < 1.29 is 4.79 Å². The molecule has 0 spiro atoms. The zero-order valence-corrected chi connectivity index (χ0v) is 9.84. The Labute approximate surface area is 88.8 Å². The van der Waals surface area contributed by atoms with Crippen molar-refractivity contribution in [2.45, 2.75) is 45.4 Å². The Bertz CT molecular complexity index is 141. The molecule has 0 N–H and O–H groups in total. The van der Waals surface area contributed by atoms with Crippen LogP contribution in [0.1, 0.15) is 45.4 Å². The largest absolute Gasteiger partial charge is 0.288 e. The van der Waals surface area contributed by atoms with Gasteiger partial charge in [-0.05, 0) is 41.9 Å². The lowest BCUT2D eigenvalue weighted by molar-refractivity contribution is -0.109. The van der Waals surface area contributed by atoms with Gasteiger partial charge in [-0.1, -0.05) is 31.9 Å². The minimum absolute atomic E-state index is 0.255. The first-order valence-corrected chi connectivity index (χ1v) is 5.68. The molecule has 0 amide bonds. The van der Waals surface area contributed by atoms with Crippen LogP contribution in [0, 0.1) is 0 Å². The summed E-state index contributed by atoms with van der Waals surface area (Å²) in [6, 6.07) is 0. The predicted molar refractivity (Wildman–Crippen MR) is 61.5 cm³/mol. The lowest BCUT2D eigenvalue weighted by Crippen LogP contribution is -1.81. The van der Waals surface area contributed by atoms with Gasteiger partial charge in [0.1, 0.15) is 0 Å². The molecule has 0 aliphatic rings. The molecule has 0 bridgehead atoms. The standard InChI is InChI=1S/C10H17IO/c1-2-3-4-5-6-7-8-9-10(11)12/h6-7H,2-5,8-9H2,1H3/b7-6+. The second kappa shape index (κ2) is 9.23. The SMILES string of the molecule is CCCCC/C=C/CCC(=O)I. The highest BCUT2D eigenvalue weighted by atomic mass is 127. The minimum Gasteiger partial charge on any atom is -0.288 e. The fourth-order valence-electron chi connectivity index (χ4n) is 0.945. The number of hydrogen-bond acceptors (Lipinski definition) is 1. The average molecular weight is 280 g/mol. The monoisotopic (exact) mass is 280 g/mol. The van der Waals surface area contributed by atoms with Gasteiger partial charge in [0.2, 0.25) is 0 Å². The highest BCUT2D eigenvalue weighted by Gasteiger charge is 1.90. The van der Waals surface area contributed by atoms with E-state index in [-0.39, 0.29) is 3.79 Å². The number of halogens is 1. The third-order valence-corrected chi connectivity index (χ3v) is 2.19. The Balaban J connectivity index is 3.09.